The van der Waals surface area contributed by atoms with Gasteiger partial charge in [0, 0.05) is 0 Å². The Balaban J connectivity index is 0.000000252. The van der Waals surface area contributed by atoms with Gasteiger partial charge in [-0.05, 0) is 25.0 Å². The lowest BCUT2D eigenvalue weighted by Crippen LogP contribution is -1.74. The van der Waals surface area contributed by atoms with Gasteiger partial charge in [-0.15, -0.1) is 0 Å². The topological polar surface area (TPSA) is 0 Å². The second-order valence-electron chi connectivity index (χ2n) is 3.44. The van der Waals surface area contributed by atoms with Crippen molar-refractivity contribution in [1.82, 2.24) is 0 Å². The molecule has 0 saturated carbocycles. The van der Waals surface area contributed by atoms with Crippen molar-refractivity contribution >= 4 is 0 Å². The van der Waals surface area contributed by atoms with Gasteiger partial charge in [-0.3, -0.25) is 0 Å². The number of aryl methyl sites for hydroxylation is 2. The molecule has 13 heavy (non-hydrogen) atoms. The van der Waals surface area contributed by atoms with Crippen LogP contribution in [0.5, 0.6) is 0 Å². The van der Waals surface area contributed by atoms with E-state index in [0.29, 0.717) is 0 Å². The molecule has 0 fully saturated rings. The maximum absolute atomic E-state index is 2.21. The standard InChI is InChI=1S/C8H10.C5H12/c1-7-5-3-4-6-8(7)2;1-3-5-4-2/h3-6H,1-2H3;3-5H2,1-2H3. The van der Waals surface area contributed by atoms with Crippen LogP contribution in [-0.4, -0.2) is 0 Å². The van der Waals surface area contributed by atoms with Gasteiger partial charge in [0.1, 0.15) is 0 Å². The quantitative estimate of drug-likeness (QED) is 0.625. The first-order valence-electron chi connectivity index (χ1n) is 5.24. The Kier molecular flexibility index (Phi) is 7.38. The van der Waals surface area contributed by atoms with Crippen molar-refractivity contribution in [2.45, 2.75) is 47.0 Å². The minimum absolute atomic E-state index is 1.34. The maximum Gasteiger partial charge on any atom is -0.0395 e. The molecule has 0 N–H and O–H groups in total. The fraction of sp³-hybridized carbons (Fsp3) is 0.538. The highest BCUT2D eigenvalue weighted by atomic mass is 13.9. The molecule has 0 saturated heterocycles. The molecule has 0 aliphatic carbocycles. The molecule has 0 amide bonds. The van der Waals surface area contributed by atoms with Crippen LogP contribution in [-0.2, 0) is 0 Å². The first-order valence-corrected chi connectivity index (χ1v) is 5.24. The zero-order valence-electron chi connectivity index (χ0n) is 9.43. The van der Waals surface area contributed by atoms with Crippen molar-refractivity contribution in [3.05, 3.63) is 35.4 Å². The predicted molar refractivity (Wildman–Crippen MR) is 61.1 cm³/mol. The molecule has 0 aliphatic heterocycles. The number of unbranched alkanes of at least 4 members (excludes halogenated alkanes) is 2. The largest absolute Gasteiger partial charge is 0.0654 e. The Labute approximate surface area is 83.0 Å². The summed E-state index contributed by atoms with van der Waals surface area (Å²) < 4.78 is 0. The van der Waals surface area contributed by atoms with Crippen LogP contribution < -0.4 is 0 Å². The van der Waals surface area contributed by atoms with Gasteiger partial charge in [-0.25, -0.2) is 0 Å². The zero-order chi connectivity index (χ0) is 10.1. The maximum atomic E-state index is 2.21. The van der Waals surface area contributed by atoms with E-state index in [-0.39, 0.29) is 0 Å². The van der Waals surface area contributed by atoms with Gasteiger partial charge in [-0.1, -0.05) is 57.4 Å². The number of hydrogen-bond acceptors (Lipinski definition) is 0. The molecule has 1 aromatic carbocycles. The third kappa shape index (κ3) is 6.39. The van der Waals surface area contributed by atoms with Crippen LogP contribution >= 0.6 is 0 Å². The van der Waals surface area contributed by atoms with Crippen LogP contribution in [0.4, 0.5) is 0 Å². The molecule has 0 spiro atoms. The van der Waals surface area contributed by atoms with Gasteiger partial charge in [0.05, 0.1) is 0 Å². The molecule has 0 aliphatic rings. The fourth-order valence-electron chi connectivity index (χ4n) is 1.02. The minimum atomic E-state index is 1.34. The van der Waals surface area contributed by atoms with E-state index in [1.54, 1.807) is 0 Å². The highest BCUT2D eigenvalue weighted by molar-refractivity contribution is 5.23. The summed E-state index contributed by atoms with van der Waals surface area (Å²) in [5, 5.41) is 0. The predicted octanol–water partition coefficient (Wildman–Crippen LogP) is 4.50. The number of rotatable bonds is 2. The van der Waals surface area contributed by atoms with Crippen LogP contribution in [0.2, 0.25) is 0 Å². The molecule has 0 atom stereocenters. The Hall–Kier alpha value is -0.780. The summed E-state index contributed by atoms with van der Waals surface area (Å²) in [6, 6.07) is 8.36. The van der Waals surface area contributed by atoms with Crippen molar-refractivity contribution in [1.29, 1.82) is 0 Å². The second-order valence-corrected chi connectivity index (χ2v) is 3.44. The summed E-state index contributed by atoms with van der Waals surface area (Å²) in [5.74, 6) is 0. The Morgan fingerprint density at radius 1 is 0.846 bits per heavy atom. The Morgan fingerprint density at radius 3 is 1.38 bits per heavy atom. The first kappa shape index (κ1) is 12.2. The molecular formula is C13H22. The van der Waals surface area contributed by atoms with Gasteiger partial charge >= 0.3 is 0 Å². The highest BCUT2D eigenvalue weighted by Gasteiger charge is 1.83. The van der Waals surface area contributed by atoms with E-state index in [4.69, 9.17) is 0 Å². The molecule has 0 aromatic heterocycles. The fourth-order valence-corrected chi connectivity index (χ4v) is 1.02. The third-order valence-corrected chi connectivity index (χ3v) is 2.13. The lowest BCUT2D eigenvalue weighted by atomic mass is 10.1. The van der Waals surface area contributed by atoms with Crippen molar-refractivity contribution in [2.75, 3.05) is 0 Å². The summed E-state index contributed by atoms with van der Waals surface area (Å²) in [6.45, 7) is 8.66. The second kappa shape index (κ2) is 7.85. The summed E-state index contributed by atoms with van der Waals surface area (Å²) in [6.07, 6.45) is 4.08. The van der Waals surface area contributed by atoms with Crippen LogP contribution in [0.1, 0.15) is 44.2 Å². The van der Waals surface area contributed by atoms with Crippen molar-refractivity contribution in [3.8, 4) is 0 Å². The third-order valence-electron chi connectivity index (χ3n) is 2.13. The van der Waals surface area contributed by atoms with Crippen LogP contribution in [0, 0.1) is 13.8 Å². The minimum Gasteiger partial charge on any atom is -0.0654 e. The van der Waals surface area contributed by atoms with E-state index in [9.17, 15) is 0 Å². The monoisotopic (exact) mass is 178 g/mol. The summed E-state index contributed by atoms with van der Waals surface area (Å²) in [4.78, 5) is 0. The lowest BCUT2D eigenvalue weighted by Gasteiger charge is -1.93. The van der Waals surface area contributed by atoms with Crippen molar-refractivity contribution in [3.63, 3.8) is 0 Å². The van der Waals surface area contributed by atoms with Gasteiger partial charge in [0.2, 0.25) is 0 Å². The van der Waals surface area contributed by atoms with E-state index in [1.807, 2.05) is 0 Å². The molecule has 0 unspecified atom stereocenters. The average Bonchev–Trinajstić information content (AvgIpc) is 2.13. The first-order chi connectivity index (χ1) is 6.22. The van der Waals surface area contributed by atoms with Crippen molar-refractivity contribution < 1.29 is 0 Å². The summed E-state index contributed by atoms with van der Waals surface area (Å²) in [5.41, 5.74) is 2.74. The molecular weight excluding hydrogens is 156 g/mol. The zero-order valence-corrected chi connectivity index (χ0v) is 9.43. The Morgan fingerprint density at radius 2 is 1.23 bits per heavy atom. The number of benzene rings is 1. The summed E-state index contributed by atoms with van der Waals surface area (Å²) in [7, 11) is 0. The SMILES string of the molecule is CCCCC.Cc1ccccc1C. The molecule has 1 aromatic rings. The smallest absolute Gasteiger partial charge is 0.0395 e. The lowest BCUT2D eigenvalue weighted by molar-refractivity contribution is 0.772. The van der Waals surface area contributed by atoms with E-state index >= 15 is 0 Å². The van der Waals surface area contributed by atoms with Gasteiger partial charge in [0.15, 0.2) is 0 Å². The van der Waals surface area contributed by atoms with E-state index in [1.165, 1.54) is 30.4 Å². The van der Waals surface area contributed by atoms with Gasteiger partial charge in [-0.2, -0.15) is 0 Å². The normalized spacial score (nSPS) is 8.92. The van der Waals surface area contributed by atoms with E-state index in [2.05, 4.69) is 52.0 Å². The molecule has 0 bridgehead atoms. The molecule has 0 heteroatoms. The highest BCUT2D eigenvalue weighted by Crippen LogP contribution is 2.02. The van der Waals surface area contributed by atoms with Gasteiger partial charge in [0.25, 0.3) is 0 Å². The summed E-state index contributed by atoms with van der Waals surface area (Å²) >= 11 is 0. The Bertz CT molecular complexity index is 190. The molecule has 1 rings (SSSR count). The van der Waals surface area contributed by atoms with Crippen LogP contribution in [0.25, 0.3) is 0 Å². The molecule has 0 heterocycles. The van der Waals surface area contributed by atoms with Crippen LogP contribution in [0.15, 0.2) is 24.3 Å². The number of hydrogen-bond donors (Lipinski definition) is 0. The molecule has 0 nitrogen and oxygen atoms in total. The van der Waals surface area contributed by atoms with E-state index < -0.39 is 0 Å². The van der Waals surface area contributed by atoms with E-state index in [0.717, 1.165) is 0 Å². The van der Waals surface area contributed by atoms with Crippen LogP contribution in [0.3, 0.4) is 0 Å². The average molecular weight is 178 g/mol. The molecule has 74 valence electrons. The van der Waals surface area contributed by atoms with Gasteiger partial charge < -0.3 is 0 Å². The van der Waals surface area contributed by atoms with Crippen molar-refractivity contribution in [2.24, 2.45) is 0 Å². The molecule has 0 radical (unpaired) electrons.